The highest BCUT2D eigenvalue weighted by Crippen LogP contribution is 2.23. The smallest absolute Gasteiger partial charge is 0.338 e. The van der Waals surface area contributed by atoms with E-state index in [9.17, 15) is 9.59 Å². The molecule has 0 aromatic heterocycles. The van der Waals surface area contributed by atoms with E-state index >= 15 is 0 Å². The third-order valence-electron chi connectivity index (χ3n) is 6.74. The zero-order valence-electron chi connectivity index (χ0n) is 22.5. The number of nitrogens with two attached hydrogens (primary N) is 1. The summed E-state index contributed by atoms with van der Waals surface area (Å²) in [5, 5.41) is 14.0. The Hall–Kier alpha value is -4.37. The average Bonchev–Trinajstić information content (AvgIpc) is 3.17. The van der Waals surface area contributed by atoms with Crippen molar-refractivity contribution >= 4 is 34.8 Å². The van der Waals surface area contributed by atoms with Crippen LogP contribution in [0.4, 0.5) is 17.1 Å². The number of hydrogen-bond acceptors (Lipinski definition) is 7. The fourth-order valence-electron chi connectivity index (χ4n) is 4.51. The molecule has 4 rings (SSSR count). The SMILES string of the molecule is CCOC(=O)c1ccc(CNc2cccc(C(=N)N)c2)c(NC(=O)c2ccc(N3CCCN(C)CC3)cc2)c1. The molecule has 9 heteroatoms. The number of hydrogen-bond donors (Lipinski definition) is 4. The minimum absolute atomic E-state index is 0.0143. The lowest BCUT2D eigenvalue weighted by molar-refractivity contribution is 0.0526. The Kier molecular flexibility index (Phi) is 9.17. The number of amides is 1. The van der Waals surface area contributed by atoms with E-state index in [0.717, 1.165) is 49.5 Å². The number of nitrogen functional groups attached to an aromatic ring is 1. The number of amidine groups is 1. The summed E-state index contributed by atoms with van der Waals surface area (Å²) in [5.41, 5.74) is 10.3. The number of rotatable bonds is 9. The van der Waals surface area contributed by atoms with Crippen molar-refractivity contribution in [3.63, 3.8) is 0 Å². The first-order chi connectivity index (χ1) is 18.8. The summed E-state index contributed by atoms with van der Waals surface area (Å²) in [6.07, 6.45) is 1.10. The van der Waals surface area contributed by atoms with Crippen LogP contribution < -0.4 is 21.3 Å². The third kappa shape index (κ3) is 7.36. The molecule has 1 aliphatic rings. The van der Waals surface area contributed by atoms with E-state index in [4.69, 9.17) is 15.9 Å². The Balaban J connectivity index is 1.52. The first kappa shape index (κ1) is 27.7. The van der Waals surface area contributed by atoms with Gasteiger partial charge in [0.2, 0.25) is 0 Å². The lowest BCUT2D eigenvalue weighted by Crippen LogP contribution is -2.28. The zero-order valence-corrected chi connectivity index (χ0v) is 22.5. The van der Waals surface area contributed by atoms with Crippen molar-refractivity contribution in [2.45, 2.75) is 19.9 Å². The van der Waals surface area contributed by atoms with Crippen molar-refractivity contribution in [1.82, 2.24) is 4.90 Å². The summed E-state index contributed by atoms with van der Waals surface area (Å²) in [7, 11) is 2.14. The van der Waals surface area contributed by atoms with Crippen LogP contribution in [0.1, 0.15) is 45.2 Å². The second kappa shape index (κ2) is 12.9. The Bertz CT molecular complexity index is 1320. The molecular formula is C30H36N6O3. The standard InChI is InChI=1S/C30H36N6O3/c1-3-39-30(38)23-8-9-24(20-33-25-7-4-6-22(18-25)28(31)32)27(19-23)34-29(37)21-10-12-26(13-11-21)36-15-5-14-35(2)16-17-36/h4,6-13,18-19,33H,3,5,14-17,20H2,1-2H3,(H3,31,32)(H,34,37). The summed E-state index contributed by atoms with van der Waals surface area (Å²) in [5.74, 6) is -0.730. The van der Waals surface area contributed by atoms with Crippen LogP contribution in [0, 0.1) is 5.41 Å². The third-order valence-corrected chi connectivity index (χ3v) is 6.74. The lowest BCUT2D eigenvalue weighted by atomic mass is 10.1. The fourth-order valence-corrected chi connectivity index (χ4v) is 4.51. The molecule has 9 nitrogen and oxygen atoms in total. The minimum atomic E-state index is -0.450. The van der Waals surface area contributed by atoms with Crippen LogP contribution in [0.2, 0.25) is 0 Å². The van der Waals surface area contributed by atoms with Gasteiger partial charge < -0.3 is 30.9 Å². The lowest BCUT2D eigenvalue weighted by Gasteiger charge is -2.23. The van der Waals surface area contributed by atoms with Crippen molar-refractivity contribution in [2.24, 2.45) is 5.73 Å². The van der Waals surface area contributed by atoms with Gasteiger partial charge in [-0.2, -0.15) is 0 Å². The molecule has 1 saturated heterocycles. The number of nitrogens with zero attached hydrogens (tertiary/aromatic N) is 2. The molecule has 0 unspecified atom stereocenters. The fraction of sp³-hybridized carbons (Fsp3) is 0.300. The van der Waals surface area contributed by atoms with E-state index in [1.807, 2.05) is 36.4 Å². The molecule has 1 heterocycles. The van der Waals surface area contributed by atoms with E-state index in [1.165, 1.54) is 0 Å². The van der Waals surface area contributed by atoms with Gasteiger partial charge >= 0.3 is 5.97 Å². The zero-order chi connectivity index (χ0) is 27.8. The van der Waals surface area contributed by atoms with Crippen LogP contribution in [0.5, 0.6) is 0 Å². The van der Waals surface area contributed by atoms with Gasteiger partial charge in [0.25, 0.3) is 5.91 Å². The predicted octanol–water partition coefficient (Wildman–Crippen LogP) is 4.15. The molecule has 0 bridgehead atoms. The van der Waals surface area contributed by atoms with Crippen molar-refractivity contribution in [1.29, 1.82) is 5.41 Å². The number of benzene rings is 3. The Morgan fingerprint density at radius 1 is 0.949 bits per heavy atom. The number of anilines is 3. The van der Waals surface area contributed by atoms with Gasteiger partial charge in [-0.1, -0.05) is 18.2 Å². The van der Waals surface area contributed by atoms with Gasteiger partial charge in [-0.15, -0.1) is 0 Å². The van der Waals surface area contributed by atoms with E-state index < -0.39 is 5.97 Å². The molecule has 1 amide bonds. The molecule has 204 valence electrons. The van der Waals surface area contributed by atoms with Crippen LogP contribution in [-0.2, 0) is 11.3 Å². The maximum atomic E-state index is 13.2. The summed E-state index contributed by atoms with van der Waals surface area (Å²) < 4.78 is 5.16. The van der Waals surface area contributed by atoms with E-state index in [1.54, 1.807) is 37.3 Å². The second-order valence-corrected chi connectivity index (χ2v) is 9.59. The monoisotopic (exact) mass is 528 g/mol. The summed E-state index contributed by atoms with van der Waals surface area (Å²) >= 11 is 0. The minimum Gasteiger partial charge on any atom is -0.462 e. The second-order valence-electron chi connectivity index (χ2n) is 9.59. The molecule has 5 N–H and O–H groups in total. The molecule has 0 saturated carbocycles. The Morgan fingerprint density at radius 3 is 2.46 bits per heavy atom. The van der Waals surface area contributed by atoms with Crippen LogP contribution >= 0.6 is 0 Å². The highest BCUT2D eigenvalue weighted by molar-refractivity contribution is 6.05. The number of carbonyl (C=O) groups is 2. The van der Waals surface area contributed by atoms with Gasteiger partial charge in [-0.05, 0) is 81.0 Å². The van der Waals surface area contributed by atoms with Crippen molar-refractivity contribution in [2.75, 3.05) is 55.4 Å². The van der Waals surface area contributed by atoms with Crippen molar-refractivity contribution in [3.05, 3.63) is 89.0 Å². The van der Waals surface area contributed by atoms with E-state index in [2.05, 4.69) is 27.5 Å². The number of likely N-dealkylation sites (N-methyl/N-ethyl adjacent to an activating group) is 1. The largest absolute Gasteiger partial charge is 0.462 e. The molecule has 0 spiro atoms. The number of ether oxygens (including phenoxy) is 1. The van der Waals surface area contributed by atoms with Crippen LogP contribution in [0.25, 0.3) is 0 Å². The normalized spacial score (nSPS) is 13.8. The van der Waals surface area contributed by atoms with E-state index in [0.29, 0.717) is 28.9 Å². The van der Waals surface area contributed by atoms with Gasteiger partial charge in [-0.25, -0.2) is 4.79 Å². The maximum absolute atomic E-state index is 13.2. The Labute approximate surface area is 229 Å². The molecule has 0 aliphatic carbocycles. The molecular weight excluding hydrogens is 492 g/mol. The van der Waals surface area contributed by atoms with Gasteiger partial charge in [-0.3, -0.25) is 10.2 Å². The molecule has 3 aromatic carbocycles. The quantitative estimate of drug-likeness (QED) is 0.187. The topological polar surface area (TPSA) is 124 Å². The number of esters is 1. The molecule has 39 heavy (non-hydrogen) atoms. The highest BCUT2D eigenvalue weighted by atomic mass is 16.5. The summed E-state index contributed by atoms with van der Waals surface area (Å²) in [6, 6.07) is 20.0. The average molecular weight is 529 g/mol. The Morgan fingerprint density at radius 2 is 1.72 bits per heavy atom. The molecule has 3 aromatic rings. The van der Waals surface area contributed by atoms with Gasteiger partial charge in [0.15, 0.2) is 0 Å². The molecule has 0 radical (unpaired) electrons. The first-order valence-corrected chi connectivity index (χ1v) is 13.2. The highest BCUT2D eigenvalue weighted by Gasteiger charge is 2.16. The van der Waals surface area contributed by atoms with Gasteiger partial charge in [0, 0.05) is 54.4 Å². The molecule has 0 atom stereocenters. The molecule has 1 aliphatic heterocycles. The van der Waals surface area contributed by atoms with Crippen LogP contribution in [0.3, 0.4) is 0 Å². The van der Waals surface area contributed by atoms with Crippen LogP contribution in [0.15, 0.2) is 66.7 Å². The number of carbonyl (C=O) groups excluding carboxylic acids is 2. The number of nitrogens with one attached hydrogen (secondary N) is 3. The van der Waals surface area contributed by atoms with Crippen LogP contribution in [-0.4, -0.2) is 62.4 Å². The van der Waals surface area contributed by atoms with Crippen molar-refractivity contribution < 1.29 is 14.3 Å². The molecule has 1 fully saturated rings. The first-order valence-electron chi connectivity index (χ1n) is 13.2. The van der Waals surface area contributed by atoms with Crippen molar-refractivity contribution in [3.8, 4) is 0 Å². The summed E-state index contributed by atoms with van der Waals surface area (Å²) in [6.45, 7) is 6.42. The van der Waals surface area contributed by atoms with Gasteiger partial charge in [0.05, 0.1) is 12.2 Å². The summed E-state index contributed by atoms with van der Waals surface area (Å²) in [4.78, 5) is 30.3. The van der Waals surface area contributed by atoms with E-state index in [-0.39, 0.29) is 18.3 Å². The van der Waals surface area contributed by atoms with Gasteiger partial charge in [0.1, 0.15) is 5.84 Å². The maximum Gasteiger partial charge on any atom is 0.338 e. The predicted molar refractivity (Wildman–Crippen MR) is 156 cm³/mol.